The van der Waals surface area contributed by atoms with Crippen molar-refractivity contribution in [2.45, 2.75) is 51.7 Å². The molecule has 78 valence electrons. The average molecular weight is 186 g/mol. The molecule has 0 bridgehead atoms. The summed E-state index contributed by atoms with van der Waals surface area (Å²) in [6.45, 7) is 2.81. The second-order valence-corrected chi connectivity index (χ2v) is 3.97. The van der Waals surface area contributed by atoms with Gasteiger partial charge in [0.2, 0.25) is 0 Å². The summed E-state index contributed by atoms with van der Waals surface area (Å²) in [6, 6.07) is 0. The van der Waals surface area contributed by atoms with E-state index in [0.29, 0.717) is 0 Å². The van der Waals surface area contributed by atoms with Gasteiger partial charge in [-0.25, -0.2) is 0 Å². The highest BCUT2D eigenvalue weighted by molar-refractivity contribution is 4.65. The quantitative estimate of drug-likeness (QED) is 0.614. The van der Waals surface area contributed by atoms with E-state index in [9.17, 15) is 0 Å². The Labute approximate surface area is 81.6 Å². The van der Waals surface area contributed by atoms with Gasteiger partial charge in [0.25, 0.3) is 0 Å². The summed E-state index contributed by atoms with van der Waals surface area (Å²) in [7, 11) is 1.69. The van der Waals surface area contributed by atoms with Gasteiger partial charge in [-0.2, -0.15) is 0 Å². The fourth-order valence-electron chi connectivity index (χ4n) is 1.94. The third-order valence-electron chi connectivity index (χ3n) is 2.94. The Kier molecular flexibility index (Phi) is 5.40. The SMILES string of the molecule is COC(C)OCCC1CCCCC1. The number of hydrogen-bond donors (Lipinski definition) is 0. The Balaban J connectivity index is 1.98. The van der Waals surface area contributed by atoms with E-state index in [2.05, 4.69) is 0 Å². The first kappa shape index (κ1) is 11.0. The molecule has 0 N–H and O–H groups in total. The second-order valence-electron chi connectivity index (χ2n) is 3.97. The molecule has 1 saturated carbocycles. The lowest BCUT2D eigenvalue weighted by Gasteiger charge is -2.21. The van der Waals surface area contributed by atoms with Crippen LogP contribution >= 0.6 is 0 Å². The van der Waals surface area contributed by atoms with Crippen LogP contribution in [0.15, 0.2) is 0 Å². The zero-order valence-corrected chi connectivity index (χ0v) is 8.92. The van der Waals surface area contributed by atoms with Gasteiger partial charge < -0.3 is 9.47 Å². The molecule has 0 heterocycles. The minimum Gasteiger partial charge on any atom is -0.356 e. The molecule has 2 nitrogen and oxygen atoms in total. The number of ether oxygens (including phenoxy) is 2. The minimum atomic E-state index is -0.0383. The van der Waals surface area contributed by atoms with Crippen LogP contribution in [0.25, 0.3) is 0 Å². The molecule has 0 spiro atoms. The molecule has 0 aromatic heterocycles. The summed E-state index contributed by atoms with van der Waals surface area (Å²) < 4.78 is 10.5. The molecule has 0 amide bonds. The first-order valence-corrected chi connectivity index (χ1v) is 5.47. The number of methoxy groups -OCH3 is 1. The average Bonchev–Trinajstić information content (AvgIpc) is 2.19. The molecule has 13 heavy (non-hydrogen) atoms. The molecular weight excluding hydrogens is 164 g/mol. The Hall–Kier alpha value is -0.0800. The highest BCUT2D eigenvalue weighted by Gasteiger charge is 2.13. The zero-order chi connectivity index (χ0) is 9.52. The van der Waals surface area contributed by atoms with Crippen molar-refractivity contribution in [3.05, 3.63) is 0 Å². The maximum absolute atomic E-state index is 5.47. The molecule has 1 rings (SSSR count). The highest BCUT2D eigenvalue weighted by Crippen LogP contribution is 2.26. The monoisotopic (exact) mass is 186 g/mol. The fourth-order valence-corrected chi connectivity index (χ4v) is 1.94. The molecule has 1 aliphatic rings. The van der Waals surface area contributed by atoms with Crippen molar-refractivity contribution in [1.29, 1.82) is 0 Å². The van der Waals surface area contributed by atoms with Gasteiger partial charge in [-0.1, -0.05) is 32.1 Å². The van der Waals surface area contributed by atoms with Crippen LogP contribution in [0.3, 0.4) is 0 Å². The van der Waals surface area contributed by atoms with E-state index in [1.165, 1.54) is 38.5 Å². The van der Waals surface area contributed by atoms with Crippen molar-refractivity contribution < 1.29 is 9.47 Å². The minimum absolute atomic E-state index is 0.0383. The highest BCUT2D eigenvalue weighted by atomic mass is 16.7. The fraction of sp³-hybridized carbons (Fsp3) is 1.00. The van der Waals surface area contributed by atoms with E-state index in [1.807, 2.05) is 6.92 Å². The maximum Gasteiger partial charge on any atom is 0.154 e. The van der Waals surface area contributed by atoms with Crippen LogP contribution in [0.2, 0.25) is 0 Å². The summed E-state index contributed by atoms with van der Waals surface area (Å²) >= 11 is 0. The normalized spacial score (nSPS) is 21.7. The van der Waals surface area contributed by atoms with E-state index in [4.69, 9.17) is 9.47 Å². The Bertz CT molecular complexity index is 119. The van der Waals surface area contributed by atoms with Gasteiger partial charge in [0, 0.05) is 13.7 Å². The van der Waals surface area contributed by atoms with Gasteiger partial charge in [0.1, 0.15) is 0 Å². The van der Waals surface area contributed by atoms with Gasteiger partial charge in [0.15, 0.2) is 6.29 Å². The van der Waals surface area contributed by atoms with Crippen molar-refractivity contribution in [2.24, 2.45) is 5.92 Å². The predicted molar refractivity (Wildman–Crippen MR) is 53.6 cm³/mol. The van der Waals surface area contributed by atoms with Crippen LogP contribution in [-0.4, -0.2) is 20.0 Å². The lowest BCUT2D eigenvalue weighted by Crippen LogP contribution is -2.15. The van der Waals surface area contributed by atoms with Crippen molar-refractivity contribution >= 4 is 0 Å². The molecule has 1 unspecified atom stereocenters. The van der Waals surface area contributed by atoms with Crippen molar-refractivity contribution in [3.8, 4) is 0 Å². The Morgan fingerprint density at radius 2 is 1.92 bits per heavy atom. The third-order valence-corrected chi connectivity index (χ3v) is 2.94. The third kappa shape index (κ3) is 4.63. The largest absolute Gasteiger partial charge is 0.356 e. The van der Waals surface area contributed by atoms with Crippen molar-refractivity contribution in [2.75, 3.05) is 13.7 Å². The molecule has 0 saturated heterocycles. The van der Waals surface area contributed by atoms with E-state index in [0.717, 1.165) is 12.5 Å². The summed E-state index contributed by atoms with van der Waals surface area (Å²) in [4.78, 5) is 0. The lowest BCUT2D eigenvalue weighted by atomic mass is 9.87. The Morgan fingerprint density at radius 3 is 2.54 bits per heavy atom. The van der Waals surface area contributed by atoms with Crippen LogP contribution in [0.5, 0.6) is 0 Å². The molecule has 1 fully saturated rings. The molecule has 0 radical (unpaired) electrons. The van der Waals surface area contributed by atoms with E-state index < -0.39 is 0 Å². The molecule has 0 aromatic rings. The molecule has 0 aromatic carbocycles. The van der Waals surface area contributed by atoms with E-state index in [-0.39, 0.29) is 6.29 Å². The van der Waals surface area contributed by atoms with Gasteiger partial charge in [-0.15, -0.1) is 0 Å². The van der Waals surface area contributed by atoms with Crippen molar-refractivity contribution in [3.63, 3.8) is 0 Å². The summed E-state index contributed by atoms with van der Waals surface area (Å²) in [5.74, 6) is 0.915. The van der Waals surface area contributed by atoms with E-state index >= 15 is 0 Å². The number of rotatable bonds is 5. The van der Waals surface area contributed by atoms with Gasteiger partial charge in [-0.3, -0.25) is 0 Å². The smallest absolute Gasteiger partial charge is 0.154 e. The number of hydrogen-bond acceptors (Lipinski definition) is 2. The van der Waals surface area contributed by atoms with Crippen molar-refractivity contribution in [1.82, 2.24) is 0 Å². The van der Waals surface area contributed by atoms with Crippen LogP contribution in [0.4, 0.5) is 0 Å². The van der Waals surface area contributed by atoms with Gasteiger partial charge in [-0.05, 0) is 19.3 Å². The predicted octanol–water partition coefficient (Wildman–Crippen LogP) is 2.97. The topological polar surface area (TPSA) is 18.5 Å². The summed E-state index contributed by atoms with van der Waals surface area (Å²) in [5, 5.41) is 0. The van der Waals surface area contributed by atoms with Gasteiger partial charge >= 0.3 is 0 Å². The molecular formula is C11H22O2. The van der Waals surface area contributed by atoms with Crippen LogP contribution in [-0.2, 0) is 9.47 Å². The molecule has 1 aliphatic carbocycles. The van der Waals surface area contributed by atoms with Crippen LogP contribution < -0.4 is 0 Å². The summed E-state index contributed by atoms with van der Waals surface area (Å²) in [6.07, 6.45) is 8.27. The molecule has 0 aliphatic heterocycles. The van der Waals surface area contributed by atoms with Crippen LogP contribution in [0, 0.1) is 5.92 Å². The standard InChI is InChI=1S/C11H22O2/c1-10(12-2)13-9-8-11-6-4-3-5-7-11/h10-11H,3-9H2,1-2H3. The molecule has 1 atom stereocenters. The summed E-state index contributed by atoms with van der Waals surface area (Å²) in [5.41, 5.74) is 0. The molecule has 2 heteroatoms. The zero-order valence-electron chi connectivity index (χ0n) is 8.92. The van der Waals surface area contributed by atoms with Crippen LogP contribution in [0.1, 0.15) is 45.4 Å². The first-order chi connectivity index (χ1) is 6.33. The second kappa shape index (κ2) is 6.39. The lowest BCUT2D eigenvalue weighted by molar-refractivity contribution is -0.113. The van der Waals surface area contributed by atoms with E-state index in [1.54, 1.807) is 7.11 Å². The van der Waals surface area contributed by atoms with Gasteiger partial charge in [0.05, 0.1) is 0 Å². The first-order valence-electron chi connectivity index (χ1n) is 5.47. The Morgan fingerprint density at radius 1 is 1.23 bits per heavy atom. The maximum atomic E-state index is 5.47.